The molecule has 0 amide bonds. The van der Waals surface area contributed by atoms with E-state index >= 15 is 0 Å². The second-order valence-corrected chi connectivity index (χ2v) is 8.55. The van der Waals surface area contributed by atoms with Crippen molar-refractivity contribution in [1.82, 2.24) is 0 Å². The fraction of sp³-hybridized carbons (Fsp3) is 0.280. The first-order valence-corrected chi connectivity index (χ1v) is 11.3. The minimum atomic E-state index is -0.284. The highest BCUT2D eigenvalue weighted by atomic mass is 35.5. The van der Waals surface area contributed by atoms with E-state index in [9.17, 15) is 4.39 Å². The molecule has 1 heterocycles. The van der Waals surface area contributed by atoms with Crippen LogP contribution >= 0.6 is 23.2 Å². The van der Waals surface area contributed by atoms with Gasteiger partial charge in [-0.25, -0.2) is 4.39 Å². The molecular weight excluding hydrogens is 450 g/mol. The Morgan fingerprint density at radius 3 is 2.38 bits per heavy atom. The van der Waals surface area contributed by atoms with Crippen LogP contribution in [0.2, 0.25) is 10.0 Å². The maximum atomic E-state index is 13.1. The summed E-state index contributed by atoms with van der Waals surface area (Å²) in [6, 6.07) is 15.9. The van der Waals surface area contributed by atoms with Gasteiger partial charge in [0.15, 0.2) is 11.5 Å². The molecule has 32 heavy (non-hydrogen) atoms. The molecule has 4 nitrogen and oxygen atoms in total. The molecule has 1 N–H and O–H groups in total. The molecule has 7 heteroatoms. The molecule has 3 aromatic carbocycles. The van der Waals surface area contributed by atoms with Gasteiger partial charge < -0.3 is 19.7 Å². The molecule has 0 bridgehead atoms. The summed E-state index contributed by atoms with van der Waals surface area (Å²) < 4.78 is 24.4. The maximum Gasteiger partial charge on any atom is 0.180 e. The quantitative estimate of drug-likeness (QED) is 0.383. The topological polar surface area (TPSA) is 33.7 Å². The Morgan fingerprint density at radius 2 is 1.69 bits per heavy atom. The van der Waals surface area contributed by atoms with Gasteiger partial charge in [0.1, 0.15) is 12.4 Å². The second-order valence-electron chi connectivity index (χ2n) is 7.74. The average molecular weight is 475 g/mol. The van der Waals surface area contributed by atoms with E-state index in [0.717, 1.165) is 40.6 Å². The van der Waals surface area contributed by atoms with Crippen molar-refractivity contribution in [3.63, 3.8) is 0 Å². The number of anilines is 2. The zero-order valence-electron chi connectivity index (χ0n) is 17.8. The summed E-state index contributed by atoms with van der Waals surface area (Å²) in [4.78, 5) is 2.32. The molecule has 0 atom stereocenters. The number of ether oxygens (including phenoxy) is 2. The van der Waals surface area contributed by atoms with Crippen LogP contribution in [-0.4, -0.2) is 20.2 Å². The van der Waals surface area contributed by atoms with Gasteiger partial charge in [-0.15, -0.1) is 0 Å². The molecule has 1 saturated heterocycles. The third kappa shape index (κ3) is 5.40. The van der Waals surface area contributed by atoms with Crippen molar-refractivity contribution in [3.8, 4) is 11.5 Å². The smallest absolute Gasteiger partial charge is 0.180 e. The van der Waals surface area contributed by atoms with Crippen LogP contribution in [0.5, 0.6) is 11.5 Å². The summed E-state index contributed by atoms with van der Waals surface area (Å²) in [6.45, 7) is 2.92. The van der Waals surface area contributed by atoms with E-state index in [1.807, 2.05) is 24.3 Å². The normalized spacial score (nSPS) is 13.3. The summed E-state index contributed by atoms with van der Waals surface area (Å²) >= 11 is 13.0. The fourth-order valence-corrected chi connectivity index (χ4v) is 4.37. The summed E-state index contributed by atoms with van der Waals surface area (Å²) in [5.74, 6) is 0.715. The molecule has 0 aliphatic carbocycles. The Kier molecular flexibility index (Phi) is 7.28. The van der Waals surface area contributed by atoms with Gasteiger partial charge in [0.2, 0.25) is 0 Å². The lowest BCUT2D eigenvalue weighted by molar-refractivity contribution is 0.284. The standard InChI is InChI=1S/C25H25Cl2FN2O2/c1-31-24-13-18(12-22(27)25(24)32-16-17-4-6-19(28)7-5-17)15-29-20-8-9-23(21(26)14-20)30-10-2-3-11-30/h4-9,12-14,29H,2-3,10-11,15-16H2,1H3. The van der Waals surface area contributed by atoms with E-state index in [2.05, 4.69) is 16.3 Å². The highest BCUT2D eigenvalue weighted by molar-refractivity contribution is 6.33. The van der Waals surface area contributed by atoms with Crippen molar-refractivity contribution in [2.75, 3.05) is 30.4 Å². The third-order valence-electron chi connectivity index (χ3n) is 5.48. The van der Waals surface area contributed by atoms with E-state index in [-0.39, 0.29) is 12.4 Å². The number of hydrogen-bond donors (Lipinski definition) is 1. The molecule has 0 unspecified atom stereocenters. The van der Waals surface area contributed by atoms with Crippen LogP contribution in [0.15, 0.2) is 54.6 Å². The molecule has 0 radical (unpaired) electrons. The second kappa shape index (κ2) is 10.3. The number of methoxy groups -OCH3 is 1. The summed E-state index contributed by atoms with van der Waals surface area (Å²) in [7, 11) is 1.57. The number of benzene rings is 3. The van der Waals surface area contributed by atoms with Crippen LogP contribution in [0.4, 0.5) is 15.8 Å². The van der Waals surface area contributed by atoms with Crippen molar-refractivity contribution in [1.29, 1.82) is 0 Å². The van der Waals surface area contributed by atoms with Gasteiger partial charge in [0.05, 0.1) is 22.8 Å². The molecule has 1 aliphatic rings. The fourth-order valence-electron chi connectivity index (χ4n) is 3.79. The van der Waals surface area contributed by atoms with Crippen molar-refractivity contribution in [2.45, 2.75) is 26.0 Å². The van der Waals surface area contributed by atoms with E-state index in [4.69, 9.17) is 32.7 Å². The van der Waals surface area contributed by atoms with Gasteiger partial charge >= 0.3 is 0 Å². The minimum Gasteiger partial charge on any atom is -0.493 e. The largest absolute Gasteiger partial charge is 0.493 e. The Morgan fingerprint density at radius 1 is 0.938 bits per heavy atom. The van der Waals surface area contributed by atoms with Crippen LogP contribution in [-0.2, 0) is 13.2 Å². The van der Waals surface area contributed by atoms with Crippen LogP contribution in [0.3, 0.4) is 0 Å². The summed E-state index contributed by atoms with van der Waals surface area (Å²) in [6.07, 6.45) is 2.42. The van der Waals surface area contributed by atoms with Gasteiger partial charge in [-0.3, -0.25) is 0 Å². The summed E-state index contributed by atoms with van der Waals surface area (Å²) in [5.41, 5.74) is 3.80. The predicted molar refractivity (Wildman–Crippen MR) is 129 cm³/mol. The molecule has 4 rings (SSSR count). The van der Waals surface area contributed by atoms with E-state index in [1.54, 1.807) is 19.2 Å². The van der Waals surface area contributed by atoms with Crippen LogP contribution in [0.1, 0.15) is 24.0 Å². The lowest BCUT2D eigenvalue weighted by Gasteiger charge is -2.20. The van der Waals surface area contributed by atoms with E-state index in [0.29, 0.717) is 23.1 Å². The van der Waals surface area contributed by atoms with Gasteiger partial charge in [-0.1, -0.05) is 35.3 Å². The first-order chi connectivity index (χ1) is 15.5. The third-order valence-corrected chi connectivity index (χ3v) is 6.06. The van der Waals surface area contributed by atoms with Crippen LogP contribution < -0.4 is 19.7 Å². The Bertz CT molecular complexity index is 1070. The predicted octanol–water partition coefficient (Wildman–Crippen LogP) is 6.93. The van der Waals surface area contributed by atoms with Crippen molar-refractivity contribution >= 4 is 34.6 Å². The zero-order chi connectivity index (χ0) is 22.5. The van der Waals surface area contributed by atoms with Gasteiger partial charge in [0.25, 0.3) is 0 Å². The first kappa shape index (κ1) is 22.6. The van der Waals surface area contributed by atoms with E-state index in [1.165, 1.54) is 25.0 Å². The SMILES string of the molecule is COc1cc(CNc2ccc(N3CCCC3)c(Cl)c2)cc(Cl)c1OCc1ccc(F)cc1. The molecule has 0 saturated carbocycles. The zero-order valence-corrected chi connectivity index (χ0v) is 19.3. The van der Waals surface area contributed by atoms with Gasteiger partial charge in [0, 0.05) is 25.3 Å². The highest BCUT2D eigenvalue weighted by Crippen LogP contribution is 2.37. The monoisotopic (exact) mass is 474 g/mol. The summed E-state index contributed by atoms with van der Waals surface area (Å²) in [5, 5.41) is 4.58. The van der Waals surface area contributed by atoms with Crippen LogP contribution in [0.25, 0.3) is 0 Å². The first-order valence-electron chi connectivity index (χ1n) is 10.6. The van der Waals surface area contributed by atoms with Crippen LogP contribution in [0, 0.1) is 5.82 Å². The molecule has 3 aromatic rings. The number of rotatable bonds is 8. The lowest BCUT2D eigenvalue weighted by atomic mass is 10.2. The Labute approximate surface area is 197 Å². The molecule has 0 spiro atoms. The lowest BCUT2D eigenvalue weighted by Crippen LogP contribution is -2.17. The van der Waals surface area contributed by atoms with Crippen molar-refractivity contribution in [3.05, 3.63) is 81.6 Å². The number of nitrogens with one attached hydrogen (secondary N) is 1. The van der Waals surface area contributed by atoms with Crippen molar-refractivity contribution in [2.24, 2.45) is 0 Å². The average Bonchev–Trinajstić information content (AvgIpc) is 3.32. The van der Waals surface area contributed by atoms with Crippen molar-refractivity contribution < 1.29 is 13.9 Å². The Balaban J connectivity index is 1.42. The number of hydrogen-bond acceptors (Lipinski definition) is 4. The van der Waals surface area contributed by atoms with Gasteiger partial charge in [-0.05, 0) is 66.4 Å². The molecule has 0 aromatic heterocycles. The van der Waals surface area contributed by atoms with E-state index < -0.39 is 0 Å². The molecular formula is C25H25Cl2FN2O2. The van der Waals surface area contributed by atoms with Gasteiger partial charge in [-0.2, -0.15) is 0 Å². The molecule has 1 fully saturated rings. The number of nitrogens with zero attached hydrogens (tertiary/aromatic N) is 1. The minimum absolute atomic E-state index is 0.260. The number of halogens is 3. The molecule has 1 aliphatic heterocycles. The highest BCUT2D eigenvalue weighted by Gasteiger charge is 2.16. The molecule has 168 valence electrons. The maximum absolute atomic E-state index is 13.1. The Hall–Kier alpha value is -2.63.